The fourth-order valence-corrected chi connectivity index (χ4v) is 2.53. The molecule has 0 bridgehead atoms. The monoisotopic (exact) mass is 312 g/mol. The minimum atomic E-state index is -4.62. The van der Waals surface area contributed by atoms with Crippen molar-refractivity contribution in [3.8, 4) is 5.75 Å². The van der Waals surface area contributed by atoms with E-state index in [1.54, 1.807) is 0 Å². The Bertz CT molecular complexity index is 543. The molecule has 114 valence electrons. The summed E-state index contributed by atoms with van der Waals surface area (Å²) in [6.45, 7) is -0.0961. The van der Waals surface area contributed by atoms with Crippen molar-refractivity contribution < 1.29 is 26.7 Å². The summed E-state index contributed by atoms with van der Waals surface area (Å²) in [5, 5.41) is 9.14. The van der Waals surface area contributed by atoms with E-state index in [0.29, 0.717) is 5.56 Å². The number of alkyl halides is 3. The molecule has 0 aromatic heterocycles. The van der Waals surface area contributed by atoms with Crippen LogP contribution in [0.2, 0.25) is 0 Å². The van der Waals surface area contributed by atoms with E-state index in [0.717, 1.165) is 4.31 Å². The molecule has 5 nitrogen and oxygen atoms in total. The molecule has 1 aromatic rings. The van der Waals surface area contributed by atoms with E-state index in [1.165, 1.54) is 43.0 Å². The van der Waals surface area contributed by atoms with Crippen LogP contribution in [0.5, 0.6) is 5.75 Å². The minimum Gasteiger partial charge on any atom is -0.508 e. The molecule has 1 atom stereocenters. The molecule has 1 rings (SSSR count). The number of halogens is 3. The zero-order valence-corrected chi connectivity index (χ0v) is 11.7. The van der Waals surface area contributed by atoms with Crippen LogP contribution in [0.1, 0.15) is 18.5 Å². The van der Waals surface area contributed by atoms with Crippen LogP contribution in [0.4, 0.5) is 13.2 Å². The topological polar surface area (TPSA) is 69.6 Å². The molecule has 0 aliphatic rings. The molecule has 0 aliphatic heterocycles. The molecule has 0 aliphatic carbocycles. The first-order valence-electron chi connectivity index (χ1n) is 5.61. The summed E-state index contributed by atoms with van der Waals surface area (Å²) in [7, 11) is -3.07. The normalized spacial score (nSPS) is 14.5. The lowest BCUT2D eigenvalue weighted by atomic mass is 10.1. The van der Waals surface area contributed by atoms with Crippen molar-refractivity contribution >= 4 is 10.2 Å². The second-order valence-corrected chi connectivity index (χ2v) is 6.04. The highest BCUT2D eigenvalue weighted by atomic mass is 32.2. The highest BCUT2D eigenvalue weighted by Crippen LogP contribution is 2.23. The predicted octanol–water partition coefficient (Wildman–Crippen LogP) is 1.78. The van der Waals surface area contributed by atoms with Crippen molar-refractivity contribution in [3.63, 3.8) is 0 Å². The van der Waals surface area contributed by atoms with Gasteiger partial charge in [0.05, 0.1) is 0 Å². The van der Waals surface area contributed by atoms with Crippen LogP contribution in [0.3, 0.4) is 0 Å². The Labute approximate surface area is 115 Å². The maximum absolute atomic E-state index is 12.0. The van der Waals surface area contributed by atoms with Crippen molar-refractivity contribution in [2.75, 3.05) is 13.6 Å². The lowest BCUT2D eigenvalue weighted by Crippen LogP contribution is -2.43. The summed E-state index contributed by atoms with van der Waals surface area (Å²) in [4.78, 5) is 0. The quantitative estimate of drug-likeness (QED) is 0.871. The average molecular weight is 312 g/mol. The first-order valence-corrected chi connectivity index (χ1v) is 7.05. The summed E-state index contributed by atoms with van der Waals surface area (Å²) in [5.41, 5.74) is 0.544. The molecule has 1 aromatic carbocycles. The van der Waals surface area contributed by atoms with E-state index in [-0.39, 0.29) is 5.75 Å². The van der Waals surface area contributed by atoms with Crippen LogP contribution in [0, 0.1) is 0 Å². The van der Waals surface area contributed by atoms with Gasteiger partial charge in [-0.3, -0.25) is 0 Å². The number of phenolic OH excluding ortho intramolecular Hbond substituents is 1. The highest BCUT2D eigenvalue weighted by molar-refractivity contribution is 7.87. The van der Waals surface area contributed by atoms with Gasteiger partial charge in [0.1, 0.15) is 12.3 Å². The smallest absolute Gasteiger partial charge is 0.402 e. The molecule has 0 fully saturated rings. The molecule has 0 amide bonds. The van der Waals surface area contributed by atoms with Gasteiger partial charge in [0, 0.05) is 13.1 Å². The van der Waals surface area contributed by atoms with Crippen LogP contribution in [-0.4, -0.2) is 37.6 Å². The SMILES string of the molecule is CC(c1ccc(O)cc1)N(C)S(=O)(=O)NCC(F)(F)F. The maximum Gasteiger partial charge on any atom is 0.402 e. The predicted molar refractivity (Wildman–Crippen MR) is 67.3 cm³/mol. The number of phenols is 1. The number of aromatic hydroxyl groups is 1. The Morgan fingerprint density at radius 3 is 2.25 bits per heavy atom. The molecule has 0 radical (unpaired) electrons. The third kappa shape index (κ3) is 4.66. The standard InChI is InChI=1S/C11H15F3N2O3S/c1-8(9-3-5-10(17)6-4-9)16(2)20(18,19)15-7-11(12,13)14/h3-6,8,15,17H,7H2,1-2H3. The number of nitrogens with one attached hydrogen (secondary N) is 1. The lowest BCUT2D eigenvalue weighted by molar-refractivity contribution is -0.121. The second-order valence-electron chi connectivity index (χ2n) is 4.23. The molecule has 1 unspecified atom stereocenters. The van der Waals surface area contributed by atoms with Gasteiger partial charge in [-0.15, -0.1) is 0 Å². The molecule has 20 heavy (non-hydrogen) atoms. The number of hydrogen-bond donors (Lipinski definition) is 2. The highest BCUT2D eigenvalue weighted by Gasteiger charge is 2.32. The van der Waals surface area contributed by atoms with Gasteiger partial charge in [-0.25, -0.2) is 0 Å². The molecule has 0 heterocycles. The average Bonchev–Trinajstić information content (AvgIpc) is 2.35. The van der Waals surface area contributed by atoms with Crippen LogP contribution < -0.4 is 4.72 Å². The molecular weight excluding hydrogens is 297 g/mol. The van der Waals surface area contributed by atoms with Crippen LogP contribution in [0.15, 0.2) is 24.3 Å². The summed E-state index contributed by atoms with van der Waals surface area (Å²) in [6, 6.07) is 5.05. The van der Waals surface area contributed by atoms with Crippen LogP contribution in [-0.2, 0) is 10.2 Å². The Hall–Kier alpha value is -1.32. The third-order valence-corrected chi connectivity index (χ3v) is 4.34. The Morgan fingerprint density at radius 1 is 1.30 bits per heavy atom. The first-order chi connectivity index (χ1) is 9.03. The van der Waals surface area contributed by atoms with E-state index >= 15 is 0 Å². The van der Waals surface area contributed by atoms with Gasteiger partial charge in [0.15, 0.2) is 0 Å². The van der Waals surface area contributed by atoms with Gasteiger partial charge in [0.25, 0.3) is 10.2 Å². The maximum atomic E-state index is 12.0. The Kier molecular flexibility index (Phi) is 5.00. The molecule has 0 saturated carbocycles. The van der Waals surface area contributed by atoms with Gasteiger partial charge in [-0.2, -0.15) is 30.6 Å². The summed E-state index contributed by atoms with van der Waals surface area (Å²) in [5.74, 6) is 0.0154. The van der Waals surface area contributed by atoms with E-state index in [1.807, 2.05) is 0 Å². The Balaban J connectivity index is 2.82. The molecule has 9 heteroatoms. The second kappa shape index (κ2) is 5.98. The van der Waals surface area contributed by atoms with E-state index in [9.17, 15) is 21.6 Å². The van der Waals surface area contributed by atoms with E-state index in [2.05, 4.69) is 0 Å². The number of hydrogen-bond acceptors (Lipinski definition) is 3. The van der Waals surface area contributed by atoms with Crippen molar-refractivity contribution in [1.29, 1.82) is 0 Å². The van der Waals surface area contributed by atoms with Crippen molar-refractivity contribution in [2.24, 2.45) is 0 Å². The summed E-state index contributed by atoms with van der Waals surface area (Å²) >= 11 is 0. The fraction of sp³-hybridized carbons (Fsp3) is 0.455. The van der Waals surface area contributed by atoms with E-state index < -0.39 is 29.0 Å². The number of benzene rings is 1. The van der Waals surface area contributed by atoms with E-state index in [4.69, 9.17) is 5.11 Å². The number of rotatable bonds is 5. The largest absolute Gasteiger partial charge is 0.508 e. The van der Waals surface area contributed by atoms with Gasteiger partial charge in [0.2, 0.25) is 0 Å². The Morgan fingerprint density at radius 2 is 1.80 bits per heavy atom. The minimum absolute atomic E-state index is 0.0154. The zero-order valence-electron chi connectivity index (χ0n) is 10.8. The molecule has 0 saturated heterocycles. The summed E-state index contributed by atoms with van der Waals surface area (Å²) < 4.78 is 61.9. The zero-order chi connectivity index (χ0) is 15.6. The van der Waals surface area contributed by atoms with Crippen molar-refractivity contribution in [2.45, 2.75) is 19.1 Å². The van der Waals surface area contributed by atoms with Crippen LogP contribution in [0.25, 0.3) is 0 Å². The lowest BCUT2D eigenvalue weighted by Gasteiger charge is -2.25. The van der Waals surface area contributed by atoms with Crippen LogP contribution >= 0.6 is 0 Å². The molecular formula is C11H15F3N2O3S. The molecule has 0 spiro atoms. The molecule has 2 N–H and O–H groups in total. The van der Waals surface area contributed by atoms with Gasteiger partial charge in [-0.1, -0.05) is 12.1 Å². The fourth-order valence-electron chi connectivity index (χ4n) is 1.45. The van der Waals surface area contributed by atoms with Gasteiger partial charge < -0.3 is 5.11 Å². The van der Waals surface area contributed by atoms with Gasteiger partial charge in [-0.05, 0) is 24.6 Å². The van der Waals surface area contributed by atoms with Crippen molar-refractivity contribution in [3.05, 3.63) is 29.8 Å². The number of nitrogens with zero attached hydrogens (tertiary/aromatic N) is 1. The summed E-state index contributed by atoms with van der Waals surface area (Å²) in [6.07, 6.45) is -4.62. The van der Waals surface area contributed by atoms with Crippen molar-refractivity contribution in [1.82, 2.24) is 9.03 Å². The first kappa shape index (κ1) is 16.7. The third-order valence-electron chi connectivity index (χ3n) is 2.76. The van der Waals surface area contributed by atoms with Gasteiger partial charge >= 0.3 is 6.18 Å².